The molecule has 1 atom stereocenters. The van der Waals surface area contributed by atoms with Crippen LogP contribution in [0, 0.1) is 0 Å². The highest BCUT2D eigenvalue weighted by atomic mass is 32.1. The van der Waals surface area contributed by atoms with Crippen LogP contribution in [0.2, 0.25) is 0 Å². The Morgan fingerprint density at radius 2 is 2.08 bits per heavy atom. The first-order valence-electron chi connectivity index (χ1n) is 7.50. The molecule has 0 saturated heterocycles. The molecule has 0 bridgehead atoms. The number of aliphatic hydroxyl groups excluding tert-OH is 1. The summed E-state index contributed by atoms with van der Waals surface area (Å²) in [7, 11) is 1.31. The van der Waals surface area contributed by atoms with Crippen molar-refractivity contribution in [3.05, 3.63) is 58.0 Å². The molecule has 1 unspecified atom stereocenters. The first-order chi connectivity index (χ1) is 12.1. The van der Waals surface area contributed by atoms with Gasteiger partial charge in [-0.3, -0.25) is 9.36 Å². The van der Waals surface area contributed by atoms with Crippen LogP contribution >= 0.6 is 11.3 Å². The number of hydrogen-bond acceptors (Lipinski definition) is 7. The topological polar surface area (TPSA) is 90.7 Å². The second kappa shape index (κ2) is 7.45. The summed E-state index contributed by atoms with van der Waals surface area (Å²) in [6.07, 6.45) is 0.547. The molecule has 1 aromatic carbocycles. The maximum atomic E-state index is 12.3. The smallest absolute Gasteiger partial charge is 0.337 e. The lowest BCUT2D eigenvalue weighted by Crippen LogP contribution is -2.30. The van der Waals surface area contributed by atoms with Gasteiger partial charge in [0.15, 0.2) is 0 Å². The monoisotopic (exact) mass is 360 g/mol. The van der Waals surface area contributed by atoms with Crippen molar-refractivity contribution in [2.24, 2.45) is 0 Å². The second-order valence-corrected chi connectivity index (χ2v) is 6.22. The zero-order valence-electron chi connectivity index (χ0n) is 13.4. The number of nitrogens with zero attached hydrogens (tertiary/aromatic N) is 2. The van der Waals surface area contributed by atoms with E-state index >= 15 is 0 Å². The van der Waals surface area contributed by atoms with Crippen LogP contribution in [0.5, 0.6) is 5.75 Å². The van der Waals surface area contributed by atoms with Gasteiger partial charge in [-0.25, -0.2) is 9.78 Å². The molecular weight excluding hydrogens is 344 g/mol. The summed E-state index contributed by atoms with van der Waals surface area (Å²) >= 11 is 1.40. The normalized spacial score (nSPS) is 12.1. The molecule has 0 radical (unpaired) electrons. The van der Waals surface area contributed by atoms with Crippen molar-refractivity contribution in [1.82, 2.24) is 9.55 Å². The molecule has 0 aliphatic rings. The average Bonchev–Trinajstić information content (AvgIpc) is 3.11. The Morgan fingerprint density at radius 3 is 2.80 bits per heavy atom. The third-order valence-corrected chi connectivity index (χ3v) is 4.40. The number of aromatic nitrogens is 2. The third kappa shape index (κ3) is 3.86. The molecule has 2 heterocycles. The van der Waals surface area contributed by atoms with E-state index < -0.39 is 12.1 Å². The fraction of sp³-hybridized carbons (Fsp3) is 0.235. The van der Waals surface area contributed by atoms with Crippen LogP contribution in [0.1, 0.15) is 10.4 Å². The highest BCUT2D eigenvalue weighted by molar-refractivity contribution is 7.16. The molecular formula is C17H16N2O5S. The Kier molecular flexibility index (Phi) is 5.11. The predicted octanol–water partition coefficient (Wildman–Crippen LogP) is 1.68. The summed E-state index contributed by atoms with van der Waals surface area (Å²) in [5.41, 5.74) is 0.227. The van der Waals surface area contributed by atoms with E-state index in [0.717, 1.165) is 0 Å². The minimum Gasteiger partial charge on any atom is -0.491 e. The quantitative estimate of drug-likeness (QED) is 0.673. The Hall–Kier alpha value is -2.71. The van der Waals surface area contributed by atoms with Gasteiger partial charge in [0.1, 0.15) is 23.3 Å². The number of aliphatic hydroxyl groups is 1. The number of carbonyl (C=O) groups is 1. The standard InChI is InChI=1S/C17H16N2O5S/c1-23-17(22)11-2-4-13(5-3-11)24-9-12(20)8-19-10-18-15-14(16(19)21)6-7-25-15/h2-7,10,12,20H,8-9H2,1H3. The summed E-state index contributed by atoms with van der Waals surface area (Å²) in [4.78, 5) is 28.5. The molecule has 7 nitrogen and oxygen atoms in total. The first-order valence-corrected chi connectivity index (χ1v) is 8.38. The lowest BCUT2D eigenvalue weighted by atomic mass is 10.2. The van der Waals surface area contributed by atoms with Gasteiger partial charge in [0.25, 0.3) is 5.56 Å². The van der Waals surface area contributed by atoms with Crippen molar-refractivity contribution in [2.75, 3.05) is 13.7 Å². The lowest BCUT2D eigenvalue weighted by Gasteiger charge is -2.14. The molecule has 0 spiro atoms. The minimum absolute atomic E-state index is 0.00564. The summed E-state index contributed by atoms with van der Waals surface area (Å²) in [6, 6.07) is 8.10. The summed E-state index contributed by atoms with van der Waals surface area (Å²) in [5, 5.41) is 12.5. The number of rotatable bonds is 6. The van der Waals surface area contributed by atoms with Crippen molar-refractivity contribution in [2.45, 2.75) is 12.6 Å². The number of benzene rings is 1. The Morgan fingerprint density at radius 1 is 1.32 bits per heavy atom. The van der Waals surface area contributed by atoms with Crippen LogP contribution in [0.25, 0.3) is 10.2 Å². The molecule has 8 heteroatoms. The van der Waals surface area contributed by atoms with Gasteiger partial charge in [-0.2, -0.15) is 0 Å². The van der Waals surface area contributed by atoms with E-state index in [2.05, 4.69) is 9.72 Å². The van der Waals surface area contributed by atoms with Gasteiger partial charge in [0.2, 0.25) is 0 Å². The minimum atomic E-state index is -0.879. The van der Waals surface area contributed by atoms with E-state index in [4.69, 9.17) is 4.74 Å². The van der Waals surface area contributed by atoms with Gasteiger partial charge in [0.05, 0.1) is 30.9 Å². The highest BCUT2D eigenvalue weighted by Gasteiger charge is 2.11. The van der Waals surface area contributed by atoms with Crippen LogP contribution < -0.4 is 10.3 Å². The number of thiophene rings is 1. The van der Waals surface area contributed by atoms with Crippen molar-refractivity contribution in [3.63, 3.8) is 0 Å². The molecule has 25 heavy (non-hydrogen) atoms. The van der Waals surface area contributed by atoms with Crippen molar-refractivity contribution < 1.29 is 19.4 Å². The van der Waals surface area contributed by atoms with Crippen molar-refractivity contribution in [1.29, 1.82) is 0 Å². The lowest BCUT2D eigenvalue weighted by molar-refractivity contribution is 0.0600. The van der Waals surface area contributed by atoms with Gasteiger partial charge in [-0.05, 0) is 35.7 Å². The number of ether oxygens (including phenoxy) is 2. The molecule has 0 fully saturated rings. The second-order valence-electron chi connectivity index (χ2n) is 5.32. The summed E-state index contributed by atoms with van der Waals surface area (Å²) in [6.45, 7) is 0.0869. The Bertz CT molecular complexity index is 932. The molecule has 0 aliphatic carbocycles. The number of carbonyl (C=O) groups excluding carboxylic acids is 1. The van der Waals surface area contributed by atoms with Gasteiger partial charge in [-0.1, -0.05) is 0 Å². The van der Waals surface area contributed by atoms with E-state index in [0.29, 0.717) is 21.5 Å². The van der Waals surface area contributed by atoms with E-state index in [1.54, 1.807) is 35.7 Å². The molecule has 3 aromatic rings. The Labute approximate surface area is 147 Å². The van der Waals surface area contributed by atoms with Crippen LogP contribution in [0.3, 0.4) is 0 Å². The number of methoxy groups -OCH3 is 1. The largest absolute Gasteiger partial charge is 0.491 e. The van der Waals surface area contributed by atoms with Crippen LogP contribution in [-0.4, -0.2) is 40.4 Å². The molecule has 1 N–H and O–H groups in total. The van der Waals surface area contributed by atoms with E-state index in [9.17, 15) is 14.7 Å². The number of hydrogen-bond donors (Lipinski definition) is 1. The molecule has 2 aromatic heterocycles. The molecule has 3 rings (SSSR count). The first kappa shape index (κ1) is 17.1. The maximum absolute atomic E-state index is 12.3. The third-order valence-electron chi connectivity index (χ3n) is 3.58. The number of fused-ring (bicyclic) bond motifs is 1. The average molecular weight is 360 g/mol. The summed E-state index contributed by atoms with van der Waals surface area (Å²) in [5.74, 6) is 0.0766. The van der Waals surface area contributed by atoms with Gasteiger partial charge in [-0.15, -0.1) is 11.3 Å². The zero-order chi connectivity index (χ0) is 17.8. The molecule has 0 amide bonds. The molecule has 0 aliphatic heterocycles. The molecule has 0 saturated carbocycles. The molecule has 130 valence electrons. The van der Waals surface area contributed by atoms with Gasteiger partial charge < -0.3 is 14.6 Å². The Balaban J connectivity index is 1.60. The highest BCUT2D eigenvalue weighted by Crippen LogP contribution is 2.14. The summed E-state index contributed by atoms with van der Waals surface area (Å²) < 4.78 is 11.5. The maximum Gasteiger partial charge on any atom is 0.337 e. The van der Waals surface area contributed by atoms with E-state index in [1.165, 1.54) is 29.3 Å². The van der Waals surface area contributed by atoms with Crippen LogP contribution in [0.15, 0.2) is 46.8 Å². The van der Waals surface area contributed by atoms with Crippen molar-refractivity contribution in [3.8, 4) is 5.75 Å². The zero-order valence-corrected chi connectivity index (χ0v) is 14.2. The predicted molar refractivity (Wildman–Crippen MR) is 93.2 cm³/mol. The fourth-order valence-corrected chi connectivity index (χ4v) is 3.02. The van der Waals surface area contributed by atoms with Crippen molar-refractivity contribution >= 4 is 27.5 Å². The SMILES string of the molecule is COC(=O)c1ccc(OCC(O)Cn2cnc3sccc3c2=O)cc1. The van der Waals surface area contributed by atoms with E-state index in [1.807, 2.05) is 0 Å². The fourth-order valence-electron chi connectivity index (χ4n) is 2.30. The van der Waals surface area contributed by atoms with Gasteiger partial charge in [0, 0.05) is 0 Å². The van der Waals surface area contributed by atoms with E-state index in [-0.39, 0.29) is 18.7 Å². The van der Waals surface area contributed by atoms with Crippen LogP contribution in [0.4, 0.5) is 0 Å². The number of esters is 1. The van der Waals surface area contributed by atoms with Gasteiger partial charge >= 0.3 is 5.97 Å². The van der Waals surface area contributed by atoms with Crippen LogP contribution in [-0.2, 0) is 11.3 Å².